The largest absolute Gasteiger partial charge is 0.389 e. The molecule has 1 unspecified atom stereocenters. The number of alkyl halides is 3. The van der Waals surface area contributed by atoms with Gasteiger partial charge in [-0.2, -0.15) is 13.2 Å². The lowest BCUT2D eigenvalue weighted by molar-refractivity contribution is -0.142. The van der Waals surface area contributed by atoms with E-state index in [2.05, 4.69) is 10.2 Å². The molecular weight excluding hydrogens is 297 g/mol. The molecule has 0 aliphatic carbocycles. The number of rotatable bonds is 5. The van der Waals surface area contributed by atoms with Gasteiger partial charge in [-0.05, 0) is 30.7 Å². The Kier molecular flexibility index (Phi) is 5.28. The molecule has 1 aliphatic heterocycles. The fourth-order valence-corrected chi connectivity index (χ4v) is 2.39. The van der Waals surface area contributed by atoms with Gasteiger partial charge in [-0.15, -0.1) is 0 Å². The predicted octanol–water partition coefficient (Wildman–Crippen LogP) is 3.19. The van der Waals surface area contributed by atoms with Gasteiger partial charge in [0.1, 0.15) is 0 Å². The zero-order valence-corrected chi connectivity index (χ0v) is 12.3. The Hall–Kier alpha value is -1.76. The maximum absolute atomic E-state index is 12.0. The van der Waals surface area contributed by atoms with Crippen LogP contribution in [0.25, 0.3) is 0 Å². The van der Waals surface area contributed by atoms with E-state index in [1.54, 1.807) is 19.2 Å². The van der Waals surface area contributed by atoms with Crippen molar-refractivity contribution in [2.24, 2.45) is 0 Å². The number of methoxy groups -OCH3 is 1. The highest BCUT2D eigenvalue weighted by molar-refractivity contribution is 5.90. The summed E-state index contributed by atoms with van der Waals surface area (Å²) in [6.45, 7) is 1.71. The van der Waals surface area contributed by atoms with Crippen molar-refractivity contribution in [1.29, 1.82) is 0 Å². The molecule has 2 rings (SSSR count). The molecule has 1 amide bonds. The standard InChI is InChI=1S/C15H19F3N2O2/c1-22-13-7-9-20(10-13)12-4-2-11(3-5-12)19-14(21)6-8-15(16,17)18/h2-5,13H,6-10H2,1H3,(H,19,21). The summed E-state index contributed by atoms with van der Waals surface area (Å²) in [5, 5.41) is 2.47. The second-order valence-electron chi connectivity index (χ2n) is 5.30. The first kappa shape index (κ1) is 16.6. The molecule has 122 valence electrons. The molecule has 1 aromatic carbocycles. The summed E-state index contributed by atoms with van der Waals surface area (Å²) in [5.74, 6) is -0.634. The van der Waals surface area contributed by atoms with E-state index >= 15 is 0 Å². The molecule has 1 heterocycles. The van der Waals surface area contributed by atoms with Crippen LogP contribution in [0.1, 0.15) is 19.3 Å². The summed E-state index contributed by atoms with van der Waals surface area (Å²) in [6, 6.07) is 7.08. The third-order valence-electron chi connectivity index (χ3n) is 3.63. The van der Waals surface area contributed by atoms with Crippen molar-refractivity contribution in [1.82, 2.24) is 0 Å². The van der Waals surface area contributed by atoms with Gasteiger partial charge >= 0.3 is 6.18 Å². The average Bonchev–Trinajstić information content (AvgIpc) is 2.94. The van der Waals surface area contributed by atoms with E-state index in [-0.39, 0.29) is 6.10 Å². The molecule has 22 heavy (non-hydrogen) atoms. The number of benzene rings is 1. The van der Waals surface area contributed by atoms with Crippen LogP contribution in [0.5, 0.6) is 0 Å². The summed E-state index contributed by atoms with van der Waals surface area (Å²) in [7, 11) is 1.69. The minimum atomic E-state index is -4.31. The van der Waals surface area contributed by atoms with Crippen molar-refractivity contribution in [2.45, 2.75) is 31.5 Å². The van der Waals surface area contributed by atoms with Crippen molar-refractivity contribution >= 4 is 17.3 Å². The number of ether oxygens (including phenoxy) is 1. The third-order valence-corrected chi connectivity index (χ3v) is 3.63. The molecule has 0 saturated carbocycles. The number of carbonyl (C=O) groups is 1. The number of hydrogen-bond donors (Lipinski definition) is 1. The zero-order chi connectivity index (χ0) is 16.2. The van der Waals surface area contributed by atoms with Gasteiger partial charge in [0.05, 0.1) is 12.5 Å². The number of nitrogens with zero attached hydrogens (tertiary/aromatic N) is 1. The topological polar surface area (TPSA) is 41.6 Å². The molecule has 0 spiro atoms. The lowest BCUT2D eigenvalue weighted by Crippen LogP contribution is -2.22. The van der Waals surface area contributed by atoms with Crippen LogP contribution < -0.4 is 10.2 Å². The van der Waals surface area contributed by atoms with E-state index < -0.39 is 24.9 Å². The van der Waals surface area contributed by atoms with Crippen molar-refractivity contribution < 1.29 is 22.7 Å². The normalized spacial score (nSPS) is 18.5. The van der Waals surface area contributed by atoms with Crippen LogP contribution >= 0.6 is 0 Å². The van der Waals surface area contributed by atoms with Gasteiger partial charge in [0.15, 0.2) is 0 Å². The fourth-order valence-electron chi connectivity index (χ4n) is 2.39. The Bertz CT molecular complexity index is 503. The van der Waals surface area contributed by atoms with Crippen LogP contribution in [-0.4, -0.2) is 38.4 Å². The monoisotopic (exact) mass is 316 g/mol. The number of amides is 1. The lowest BCUT2D eigenvalue weighted by Gasteiger charge is -2.18. The highest BCUT2D eigenvalue weighted by Crippen LogP contribution is 2.24. The summed E-state index contributed by atoms with van der Waals surface area (Å²) >= 11 is 0. The number of hydrogen-bond acceptors (Lipinski definition) is 3. The van der Waals surface area contributed by atoms with Gasteiger partial charge in [-0.25, -0.2) is 0 Å². The second kappa shape index (κ2) is 7.00. The Morgan fingerprint density at radius 1 is 1.36 bits per heavy atom. The van der Waals surface area contributed by atoms with Crippen molar-refractivity contribution in [3.8, 4) is 0 Å². The Morgan fingerprint density at radius 2 is 2.05 bits per heavy atom. The fraction of sp³-hybridized carbons (Fsp3) is 0.533. The van der Waals surface area contributed by atoms with Crippen molar-refractivity contribution in [3.63, 3.8) is 0 Å². The number of nitrogens with one attached hydrogen (secondary N) is 1. The first-order valence-corrected chi connectivity index (χ1v) is 7.12. The van der Waals surface area contributed by atoms with Gasteiger partial charge in [-0.3, -0.25) is 4.79 Å². The molecule has 1 saturated heterocycles. The first-order valence-electron chi connectivity index (χ1n) is 7.12. The molecule has 1 atom stereocenters. The van der Waals surface area contributed by atoms with E-state index in [1.165, 1.54) is 0 Å². The van der Waals surface area contributed by atoms with Crippen LogP contribution in [0.2, 0.25) is 0 Å². The molecule has 4 nitrogen and oxygen atoms in total. The first-order chi connectivity index (χ1) is 10.4. The van der Waals surface area contributed by atoms with Crippen LogP contribution in [0.4, 0.5) is 24.5 Å². The van der Waals surface area contributed by atoms with E-state index in [0.29, 0.717) is 5.69 Å². The smallest absolute Gasteiger partial charge is 0.380 e. The Morgan fingerprint density at radius 3 is 2.59 bits per heavy atom. The molecule has 0 bridgehead atoms. The second-order valence-corrected chi connectivity index (χ2v) is 5.30. The summed E-state index contributed by atoms with van der Waals surface area (Å²) in [4.78, 5) is 13.6. The van der Waals surface area contributed by atoms with Gasteiger partial charge in [0, 0.05) is 38.0 Å². The average molecular weight is 316 g/mol. The van der Waals surface area contributed by atoms with Crippen LogP contribution in [-0.2, 0) is 9.53 Å². The van der Waals surface area contributed by atoms with Crippen LogP contribution in [0.15, 0.2) is 24.3 Å². The Labute approximate surface area is 127 Å². The van der Waals surface area contributed by atoms with Gasteiger partial charge < -0.3 is 15.0 Å². The lowest BCUT2D eigenvalue weighted by atomic mass is 10.2. The molecule has 1 N–H and O–H groups in total. The number of carbonyl (C=O) groups excluding carboxylic acids is 1. The highest BCUT2D eigenvalue weighted by atomic mass is 19.4. The van der Waals surface area contributed by atoms with E-state index in [9.17, 15) is 18.0 Å². The molecular formula is C15H19F3N2O2. The van der Waals surface area contributed by atoms with E-state index in [4.69, 9.17) is 4.74 Å². The van der Waals surface area contributed by atoms with Crippen molar-refractivity contribution in [3.05, 3.63) is 24.3 Å². The van der Waals surface area contributed by atoms with E-state index in [1.807, 2.05) is 12.1 Å². The third kappa shape index (κ3) is 4.91. The Balaban J connectivity index is 1.85. The zero-order valence-electron chi connectivity index (χ0n) is 12.3. The summed E-state index contributed by atoms with van der Waals surface area (Å²) in [5.41, 5.74) is 1.51. The minimum absolute atomic E-state index is 0.224. The molecule has 1 aliphatic rings. The molecule has 0 radical (unpaired) electrons. The quantitative estimate of drug-likeness (QED) is 0.907. The van der Waals surface area contributed by atoms with Gasteiger partial charge in [0.2, 0.25) is 5.91 Å². The number of anilines is 2. The summed E-state index contributed by atoms with van der Waals surface area (Å²) in [6.07, 6.45) is -4.79. The predicted molar refractivity (Wildman–Crippen MR) is 78.0 cm³/mol. The van der Waals surface area contributed by atoms with Crippen molar-refractivity contribution in [2.75, 3.05) is 30.4 Å². The maximum Gasteiger partial charge on any atom is 0.389 e. The SMILES string of the molecule is COC1CCN(c2ccc(NC(=O)CCC(F)(F)F)cc2)C1. The van der Waals surface area contributed by atoms with Gasteiger partial charge in [-0.1, -0.05) is 0 Å². The van der Waals surface area contributed by atoms with E-state index in [0.717, 1.165) is 25.2 Å². The number of halogens is 3. The van der Waals surface area contributed by atoms with Crippen LogP contribution in [0.3, 0.4) is 0 Å². The highest BCUT2D eigenvalue weighted by Gasteiger charge is 2.28. The molecule has 1 fully saturated rings. The molecule has 1 aromatic rings. The molecule has 0 aromatic heterocycles. The summed E-state index contributed by atoms with van der Waals surface area (Å²) < 4.78 is 41.4. The van der Waals surface area contributed by atoms with Crippen LogP contribution in [0, 0.1) is 0 Å². The molecule has 7 heteroatoms. The van der Waals surface area contributed by atoms with Gasteiger partial charge in [0.25, 0.3) is 0 Å². The minimum Gasteiger partial charge on any atom is -0.380 e. The maximum atomic E-state index is 12.0.